The maximum absolute atomic E-state index is 12.9. The molecule has 0 aliphatic heterocycles. The Bertz CT molecular complexity index is 188. The molecule has 0 aliphatic carbocycles. The summed E-state index contributed by atoms with van der Waals surface area (Å²) < 4.78 is 17.9. The number of carbonyl (C=O) groups is 1. The highest BCUT2D eigenvalue weighted by Gasteiger charge is 2.04. The van der Waals surface area contributed by atoms with E-state index >= 15 is 0 Å². The lowest BCUT2D eigenvalue weighted by Crippen LogP contribution is -2.08. The minimum Gasteiger partial charge on any atom is -0.465 e. The van der Waals surface area contributed by atoms with Gasteiger partial charge >= 0.3 is 5.97 Å². The number of hydrogen-bond donors (Lipinski definition) is 0. The van der Waals surface area contributed by atoms with Gasteiger partial charge in [-0.2, -0.15) is 11.8 Å². The summed E-state index contributed by atoms with van der Waals surface area (Å²) >= 11 is 1.58. The Balaban J connectivity index is 3.19. The first-order chi connectivity index (χ1) is 8.20. The highest BCUT2D eigenvalue weighted by molar-refractivity contribution is 7.99. The fourth-order valence-electron chi connectivity index (χ4n) is 1.30. The monoisotopic (exact) mass is 264 g/mol. The standard InChI is InChI=1S/C13H25FO2S/c1-3-5-9-16-13(15)11-17-10-7-6-8-12(14)4-2/h12H,3-11H2,1-2H3. The predicted molar refractivity (Wildman–Crippen MR) is 72.2 cm³/mol. The molecular formula is C13H25FO2S. The van der Waals surface area contributed by atoms with E-state index in [1.807, 2.05) is 6.92 Å². The molecule has 0 saturated heterocycles. The van der Waals surface area contributed by atoms with Gasteiger partial charge in [-0.3, -0.25) is 4.79 Å². The number of ether oxygens (including phenoxy) is 1. The zero-order chi connectivity index (χ0) is 12.9. The van der Waals surface area contributed by atoms with E-state index < -0.39 is 6.17 Å². The second kappa shape index (κ2) is 12.2. The molecule has 4 heteroatoms. The van der Waals surface area contributed by atoms with Gasteiger partial charge in [-0.25, -0.2) is 4.39 Å². The number of carbonyl (C=O) groups excluding carboxylic acids is 1. The zero-order valence-electron chi connectivity index (χ0n) is 11.0. The van der Waals surface area contributed by atoms with E-state index in [-0.39, 0.29) is 5.97 Å². The lowest BCUT2D eigenvalue weighted by atomic mass is 10.1. The average Bonchev–Trinajstić information content (AvgIpc) is 2.33. The molecule has 0 radical (unpaired) electrons. The van der Waals surface area contributed by atoms with Gasteiger partial charge in [0.1, 0.15) is 0 Å². The maximum atomic E-state index is 12.9. The highest BCUT2D eigenvalue weighted by Crippen LogP contribution is 2.11. The van der Waals surface area contributed by atoms with Gasteiger partial charge in [0.15, 0.2) is 0 Å². The summed E-state index contributed by atoms with van der Waals surface area (Å²) in [5.41, 5.74) is 0. The van der Waals surface area contributed by atoms with E-state index in [0.29, 0.717) is 25.2 Å². The molecule has 0 bridgehead atoms. The van der Waals surface area contributed by atoms with Crippen LogP contribution in [-0.4, -0.2) is 30.3 Å². The Morgan fingerprint density at radius 3 is 2.71 bits per heavy atom. The average molecular weight is 264 g/mol. The Morgan fingerprint density at radius 1 is 1.29 bits per heavy atom. The number of rotatable bonds is 11. The normalized spacial score (nSPS) is 12.4. The predicted octanol–water partition coefficient (Wildman–Crippen LogP) is 3.98. The first-order valence-corrected chi connectivity index (χ1v) is 7.73. The smallest absolute Gasteiger partial charge is 0.315 e. The third-order valence-electron chi connectivity index (χ3n) is 2.48. The third-order valence-corrected chi connectivity index (χ3v) is 3.50. The minimum absolute atomic E-state index is 0.125. The number of thioether (sulfide) groups is 1. The van der Waals surface area contributed by atoms with Crippen molar-refractivity contribution in [3.63, 3.8) is 0 Å². The van der Waals surface area contributed by atoms with Crippen molar-refractivity contribution in [3.8, 4) is 0 Å². The van der Waals surface area contributed by atoms with Gasteiger partial charge in [-0.15, -0.1) is 0 Å². The molecule has 17 heavy (non-hydrogen) atoms. The highest BCUT2D eigenvalue weighted by atomic mass is 32.2. The largest absolute Gasteiger partial charge is 0.465 e. The van der Waals surface area contributed by atoms with Gasteiger partial charge in [0.25, 0.3) is 0 Å². The van der Waals surface area contributed by atoms with E-state index in [1.54, 1.807) is 11.8 Å². The molecule has 1 atom stereocenters. The van der Waals surface area contributed by atoms with Crippen molar-refractivity contribution in [1.82, 2.24) is 0 Å². The SMILES string of the molecule is CCCCOC(=O)CSCCCCC(F)CC. The molecule has 0 rings (SSSR count). The van der Waals surface area contributed by atoms with E-state index in [2.05, 4.69) is 6.92 Å². The topological polar surface area (TPSA) is 26.3 Å². The molecule has 1 unspecified atom stereocenters. The second-order valence-electron chi connectivity index (χ2n) is 4.13. The molecule has 0 aromatic heterocycles. The molecule has 0 heterocycles. The van der Waals surface area contributed by atoms with Crippen LogP contribution in [0.5, 0.6) is 0 Å². The molecule has 0 aliphatic rings. The summed E-state index contributed by atoms with van der Waals surface area (Å²) in [5, 5.41) is 0. The van der Waals surface area contributed by atoms with E-state index in [0.717, 1.165) is 31.4 Å². The number of halogens is 1. The summed E-state index contributed by atoms with van der Waals surface area (Å²) in [6, 6.07) is 0. The van der Waals surface area contributed by atoms with E-state index in [4.69, 9.17) is 4.74 Å². The summed E-state index contributed by atoms with van der Waals surface area (Å²) in [4.78, 5) is 11.2. The first-order valence-electron chi connectivity index (χ1n) is 6.58. The van der Waals surface area contributed by atoms with Crippen LogP contribution < -0.4 is 0 Å². The van der Waals surface area contributed by atoms with Crippen molar-refractivity contribution in [2.45, 2.75) is 58.5 Å². The van der Waals surface area contributed by atoms with Crippen LogP contribution >= 0.6 is 11.8 Å². The molecule has 102 valence electrons. The van der Waals surface area contributed by atoms with Gasteiger partial charge in [0.05, 0.1) is 18.5 Å². The number of esters is 1. The van der Waals surface area contributed by atoms with Crippen LogP contribution in [0.4, 0.5) is 4.39 Å². The van der Waals surface area contributed by atoms with E-state index in [1.165, 1.54) is 0 Å². The Labute approximate surface area is 109 Å². The molecule has 0 N–H and O–H groups in total. The molecule has 0 aromatic rings. The summed E-state index contributed by atoms with van der Waals surface area (Å²) in [6.45, 7) is 4.47. The fourth-order valence-corrected chi connectivity index (χ4v) is 2.10. The van der Waals surface area contributed by atoms with Crippen LogP contribution in [0.2, 0.25) is 0 Å². The Hall–Kier alpha value is -0.250. The van der Waals surface area contributed by atoms with Crippen molar-refractivity contribution in [2.24, 2.45) is 0 Å². The molecular weight excluding hydrogens is 239 g/mol. The second-order valence-corrected chi connectivity index (χ2v) is 5.23. The summed E-state index contributed by atoms with van der Waals surface area (Å²) in [6.07, 6.45) is 4.47. The lowest BCUT2D eigenvalue weighted by Gasteiger charge is -2.05. The van der Waals surface area contributed by atoms with Crippen LogP contribution in [0.25, 0.3) is 0 Å². The Morgan fingerprint density at radius 2 is 2.06 bits per heavy atom. The number of alkyl halides is 1. The van der Waals surface area contributed by atoms with E-state index in [9.17, 15) is 9.18 Å². The number of hydrogen-bond acceptors (Lipinski definition) is 3. The van der Waals surface area contributed by atoms with Crippen LogP contribution in [-0.2, 0) is 9.53 Å². The van der Waals surface area contributed by atoms with Crippen LogP contribution in [0.3, 0.4) is 0 Å². The third kappa shape index (κ3) is 12.0. The summed E-state index contributed by atoms with van der Waals surface area (Å²) in [5.74, 6) is 1.22. The quantitative estimate of drug-likeness (QED) is 0.417. The first kappa shape index (κ1) is 16.8. The van der Waals surface area contributed by atoms with Gasteiger partial charge < -0.3 is 4.74 Å². The fraction of sp³-hybridized carbons (Fsp3) is 0.923. The minimum atomic E-state index is -0.654. The van der Waals surface area contributed by atoms with Crippen molar-refractivity contribution in [2.75, 3.05) is 18.1 Å². The van der Waals surface area contributed by atoms with Crippen molar-refractivity contribution >= 4 is 17.7 Å². The van der Waals surface area contributed by atoms with Crippen LogP contribution in [0, 0.1) is 0 Å². The van der Waals surface area contributed by atoms with Crippen molar-refractivity contribution < 1.29 is 13.9 Å². The molecule has 0 fully saturated rings. The molecule has 2 nitrogen and oxygen atoms in total. The molecule has 0 aromatic carbocycles. The van der Waals surface area contributed by atoms with Gasteiger partial charge in [-0.05, 0) is 37.9 Å². The zero-order valence-corrected chi connectivity index (χ0v) is 11.9. The van der Waals surface area contributed by atoms with Gasteiger partial charge in [-0.1, -0.05) is 20.3 Å². The number of unbranched alkanes of at least 4 members (excludes halogenated alkanes) is 2. The van der Waals surface area contributed by atoms with Crippen molar-refractivity contribution in [1.29, 1.82) is 0 Å². The van der Waals surface area contributed by atoms with Gasteiger partial charge in [0.2, 0.25) is 0 Å². The summed E-state index contributed by atoms with van der Waals surface area (Å²) in [7, 11) is 0. The van der Waals surface area contributed by atoms with Crippen molar-refractivity contribution in [3.05, 3.63) is 0 Å². The maximum Gasteiger partial charge on any atom is 0.315 e. The molecule has 0 spiro atoms. The van der Waals surface area contributed by atoms with Gasteiger partial charge in [0, 0.05) is 0 Å². The lowest BCUT2D eigenvalue weighted by molar-refractivity contribution is -0.140. The Kier molecular flexibility index (Phi) is 12.0. The van der Waals surface area contributed by atoms with Crippen LogP contribution in [0.15, 0.2) is 0 Å². The van der Waals surface area contributed by atoms with Crippen LogP contribution in [0.1, 0.15) is 52.4 Å². The molecule has 0 amide bonds. The molecule has 0 saturated carbocycles.